The van der Waals surface area contributed by atoms with Gasteiger partial charge >= 0.3 is 0 Å². The summed E-state index contributed by atoms with van der Waals surface area (Å²) in [5.74, 6) is 0. The number of hydrogen-bond donors (Lipinski definition) is 2. The fourth-order valence-corrected chi connectivity index (χ4v) is 1.87. The Balaban J connectivity index is 1.85. The third-order valence-electron chi connectivity index (χ3n) is 2.70. The van der Waals surface area contributed by atoms with Gasteiger partial charge in [0.05, 0.1) is 16.9 Å². The minimum absolute atomic E-state index is 0.583. The fourth-order valence-electron chi connectivity index (χ4n) is 1.71. The van der Waals surface area contributed by atoms with Crippen molar-refractivity contribution < 1.29 is 0 Å². The summed E-state index contributed by atoms with van der Waals surface area (Å²) in [6.07, 6.45) is 4.49. The van der Waals surface area contributed by atoms with Crippen LogP contribution in [0.5, 0.6) is 0 Å². The molecule has 1 heterocycles. The molecule has 0 atom stereocenters. The average Bonchev–Trinajstić information content (AvgIpc) is 2.84. The zero-order chi connectivity index (χ0) is 13.0. The number of hydrogen-bond acceptors (Lipinski definition) is 4. The van der Waals surface area contributed by atoms with Crippen LogP contribution in [-0.2, 0) is 6.54 Å². The number of nitrogens with one attached hydrogen (secondary N) is 1. The monoisotopic (exact) mass is 265 g/mol. The Morgan fingerprint density at radius 3 is 3.00 bits per heavy atom. The van der Waals surface area contributed by atoms with Crippen LogP contribution in [0, 0.1) is 6.92 Å². The molecule has 0 aliphatic carbocycles. The lowest BCUT2D eigenvalue weighted by molar-refractivity contribution is 0.570. The van der Waals surface area contributed by atoms with Crippen molar-refractivity contribution in [1.82, 2.24) is 15.0 Å². The number of rotatable bonds is 5. The highest BCUT2D eigenvalue weighted by atomic mass is 35.5. The van der Waals surface area contributed by atoms with E-state index in [1.54, 1.807) is 6.20 Å². The number of aryl methyl sites for hydroxylation is 2. The van der Waals surface area contributed by atoms with E-state index in [1.165, 1.54) is 0 Å². The zero-order valence-electron chi connectivity index (χ0n) is 10.2. The molecule has 0 aliphatic rings. The standard InChI is InChI=1S/C12H16ClN5/c1-9-7-11(14)10(13)8-12(9)15-3-2-5-18-6-4-16-17-18/h4,6-8,15H,2-3,5,14H2,1H3. The first-order chi connectivity index (χ1) is 8.66. The Morgan fingerprint density at radius 2 is 2.28 bits per heavy atom. The second kappa shape index (κ2) is 5.73. The number of nitrogens with two attached hydrogens (primary N) is 1. The molecule has 2 rings (SSSR count). The second-order valence-electron chi connectivity index (χ2n) is 4.14. The molecule has 0 fully saturated rings. The summed E-state index contributed by atoms with van der Waals surface area (Å²) in [5.41, 5.74) is 8.46. The van der Waals surface area contributed by atoms with Gasteiger partial charge in [0.2, 0.25) is 0 Å². The molecular weight excluding hydrogens is 250 g/mol. The molecule has 6 heteroatoms. The molecule has 0 radical (unpaired) electrons. The second-order valence-corrected chi connectivity index (χ2v) is 4.54. The molecule has 96 valence electrons. The van der Waals surface area contributed by atoms with Gasteiger partial charge in [-0.3, -0.25) is 4.68 Å². The Hall–Kier alpha value is -1.75. The van der Waals surface area contributed by atoms with E-state index in [0.717, 1.165) is 30.8 Å². The Kier molecular flexibility index (Phi) is 4.04. The number of nitrogen functional groups attached to an aromatic ring is 1. The van der Waals surface area contributed by atoms with E-state index in [-0.39, 0.29) is 0 Å². The van der Waals surface area contributed by atoms with E-state index in [4.69, 9.17) is 17.3 Å². The summed E-state index contributed by atoms with van der Waals surface area (Å²) < 4.78 is 1.81. The largest absolute Gasteiger partial charge is 0.398 e. The molecule has 18 heavy (non-hydrogen) atoms. The van der Waals surface area contributed by atoms with Crippen LogP contribution in [0.3, 0.4) is 0 Å². The number of halogens is 1. The highest BCUT2D eigenvalue weighted by Gasteiger charge is 2.03. The Bertz CT molecular complexity index is 509. The Labute approximate surface area is 111 Å². The topological polar surface area (TPSA) is 68.8 Å². The summed E-state index contributed by atoms with van der Waals surface area (Å²) in [6, 6.07) is 3.74. The molecule has 0 amide bonds. The lowest BCUT2D eigenvalue weighted by Gasteiger charge is -2.11. The van der Waals surface area contributed by atoms with E-state index in [1.807, 2.05) is 29.9 Å². The van der Waals surface area contributed by atoms with Crippen LogP contribution >= 0.6 is 11.6 Å². The zero-order valence-corrected chi connectivity index (χ0v) is 11.0. The van der Waals surface area contributed by atoms with Gasteiger partial charge in [0.15, 0.2) is 0 Å². The van der Waals surface area contributed by atoms with Crippen LogP contribution in [0.1, 0.15) is 12.0 Å². The first kappa shape index (κ1) is 12.7. The highest BCUT2D eigenvalue weighted by Crippen LogP contribution is 2.26. The smallest absolute Gasteiger partial charge is 0.0692 e. The molecule has 0 unspecified atom stereocenters. The van der Waals surface area contributed by atoms with E-state index in [0.29, 0.717) is 10.7 Å². The maximum absolute atomic E-state index is 5.99. The van der Waals surface area contributed by atoms with Gasteiger partial charge in [0.1, 0.15) is 0 Å². The predicted molar refractivity (Wildman–Crippen MR) is 73.7 cm³/mol. The molecule has 5 nitrogen and oxygen atoms in total. The van der Waals surface area contributed by atoms with Gasteiger partial charge in [-0.05, 0) is 31.0 Å². The van der Waals surface area contributed by atoms with Crippen LogP contribution < -0.4 is 11.1 Å². The van der Waals surface area contributed by atoms with Crippen molar-refractivity contribution in [3.05, 3.63) is 35.1 Å². The predicted octanol–water partition coefficient (Wildman–Crippen LogP) is 2.32. The molecule has 3 N–H and O–H groups in total. The van der Waals surface area contributed by atoms with Gasteiger partial charge < -0.3 is 11.1 Å². The van der Waals surface area contributed by atoms with Gasteiger partial charge in [-0.1, -0.05) is 16.8 Å². The summed E-state index contributed by atoms with van der Waals surface area (Å²) in [7, 11) is 0. The average molecular weight is 266 g/mol. The van der Waals surface area contributed by atoms with E-state index in [9.17, 15) is 0 Å². The maximum Gasteiger partial charge on any atom is 0.0692 e. The van der Waals surface area contributed by atoms with Crippen LogP contribution in [0.25, 0.3) is 0 Å². The number of nitrogens with zero attached hydrogens (tertiary/aromatic N) is 3. The molecule has 0 saturated carbocycles. The number of benzene rings is 1. The van der Waals surface area contributed by atoms with Crippen molar-refractivity contribution in [3.8, 4) is 0 Å². The van der Waals surface area contributed by atoms with Crippen LogP contribution in [0.2, 0.25) is 5.02 Å². The first-order valence-corrected chi connectivity index (χ1v) is 6.18. The summed E-state index contributed by atoms with van der Waals surface area (Å²) in [4.78, 5) is 0. The molecule has 0 aliphatic heterocycles. The first-order valence-electron chi connectivity index (χ1n) is 5.80. The molecule has 1 aromatic heterocycles. The minimum atomic E-state index is 0.583. The summed E-state index contributed by atoms with van der Waals surface area (Å²) >= 11 is 5.99. The third-order valence-corrected chi connectivity index (χ3v) is 3.02. The number of aromatic nitrogens is 3. The van der Waals surface area contributed by atoms with Gasteiger partial charge in [-0.2, -0.15) is 0 Å². The molecule has 0 saturated heterocycles. The minimum Gasteiger partial charge on any atom is -0.398 e. The van der Waals surface area contributed by atoms with Crippen molar-refractivity contribution in [2.75, 3.05) is 17.6 Å². The van der Waals surface area contributed by atoms with Gasteiger partial charge in [0.25, 0.3) is 0 Å². The Morgan fingerprint density at radius 1 is 1.44 bits per heavy atom. The van der Waals surface area contributed by atoms with Crippen molar-refractivity contribution >= 4 is 23.0 Å². The third kappa shape index (κ3) is 3.13. The molecular formula is C12H16ClN5. The molecule has 0 bridgehead atoms. The van der Waals surface area contributed by atoms with Crippen molar-refractivity contribution in [2.24, 2.45) is 0 Å². The van der Waals surface area contributed by atoms with Crippen LogP contribution in [0.4, 0.5) is 11.4 Å². The summed E-state index contributed by atoms with van der Waals surface area (Å²) in [6.45, 7) is 3.70. The molecule has 1 aromatic carbocycles. The SMILES string of the molecule is Cc1cc(N)c(Cl)cc1NCCCn1ccnn1. The van der Waals surface area contributed by atoms with Gasteiger partial charge in [-0.25, -0.2) is 0 Å². The van der Waals surface area contributed by atoms with Crippen LogP contribution in [-0.4, -0.2) is 21.5 Å². The van der Waals surface area contributed by atoms with E-state index < -0.39 is 0 Å². The molecule has 2 aromatic rings. The highest BCUT2D eigenvalue weighted by molar-refractivity contribution is 6.33. The van der Waals surface area contributed by atoms with E-state index >= 15 is 0 Å². The quantitative estimate of drug-likeness (QED) is 0.643. The normalized spacial score (nSPS) is 10.6. The lowest BCUT2D eigenvalue weighted by atomic mass is 10.1. The fraction of sp³-hybridized carbons (Fsp3) is 0.333. The van der Waals surface area contributed by atoms with Crippen molar-refractivity contribution in [1.29, 1.82) is 0 Å². The summed E-state index contributed by atoms with van der Waals surface area (Å²) in [5, 5.41) is 11.6. The van der Waals surface area contributed by atoms with E-state index in [2.05, 4.69) is 15.6 Å². The number of anilines is 2. The maximum atomic E-state index is 5.99. The van der Waals surface area contributed by atoms with Crippen molar-refractivity contribution in [2.45, 2.75) is 19.9 Å². The lowest BCUT2D eigenvalue weighted by Crippen LogP contribution is -2.08. The molecule has 0 spiro atoms. The van der Waals surface area contributed by atoms with Gasteiger partial charge in [0, 0.05) is 25.0 Å². The van der Waals surface area contributed by atoms with Gasteiger partial charge in [-0.15, -0.1) is 5.10 Å². The van der Waals surface area contributed by atoms with Crippen LogP contribution in [0.15, 0.2) is 24.5 Å². The van der Waals surface area contributed by atoms with Crippen molar-refractivity contribution in [3.63, 3.8) is 0 Å².